The molecule has 1 aromatic heterocycles. The fraction of sp³-hybridized carbons (Fsp3) is 0.350. The molecule has 2 aromatic carbocycles. The maximum atomic E-state index is 6.07. The summed E-state index contributed by atoms with van der Waals surface area (Å²) in [5.74, 6) is 2.25. The van der Waals surface area contributed by atoms with Crippen molar-refractivity contribution in [2.24, 2.45) is 0 Å². The van der Waals surface area contributed by atoms with Crippen molar-refractivity contribution >= 4 is 11.0 Å². The number of rotatable bonds is 4. The van der Waals surface area contributed by atoms with Gasteiger partial charge in [0, 0.05) is 0 Å². The lowest BCUT2D eigenvalue weighted by Crippen LogP contribution is -2.01. The van der Waals surface area contributed by atoms with E-state index in [1.807, 2.05) is 0 Å². The van der Waals surface area contributed by atoms with E-state index in [0.717, 1.165) is 22.6 Å². The van der Waals surface area contributed by atoms with Crippen LogP contribution in [-0.4, -0.2) is 9.97 Å². The minimum absolute atomic E-state index is 0.436. The van der Waals surface area contributed by atoms with Gasteiger partial charge in [-0.1, -0.05) is 32.0 Å². The van der Waals surface area contributed by atoms with Crippen molar-refractivity contribution in [2.75, 3.05) is 0 Å². The first-order valence-electron chi connectivity index (χ1n) is 8.13. The van der Waals surface area contributed by atoms with E-state index in [2.05, 4.69) is 74.9 Å². The third kappa shape index (κ3) is 3.24. The number of nitrogens with one attached hydrogen (secondary N) is 1. The highest BCUT2D eigenvalue weighted by Gasteiger charge is 2.11. The van der Waals surface area contributed by atoms with Crippen LogP contribution in [0.25, 0.3) is 11.0 Å². The minimum Gasteiger partial charge on any atom is -0.485 e. The van der Waals surface area contributed by atoms with Gasteiger partial charge in [0.2, 0.25) is 0 Å². The molecule has 0 aliphatic carbocycles. The van der Waals surface area contributed by atoms with Crippen LogP contribution in [0.5, 0.6) is 5.75 Å². The molecule has 3 heteroatoms. The Hall–Kier alpha value is -2.29. The lowest BCUT2D eigenvalue weighted by Gasteiger charge is -2.14. The standard InChI is InChI=1S/C20H24N2O/c1-12(2)16-7-6-13(3)10-18(16)23-11-19-21-17-9-14(4)8-15(5)20(17)22-19/h6-10,12H,11H2,1-5H3,(H,21,22). The number of imidazole rings is 1. The van der Waals surface area contributed by atoms with E-state index in [1.165, 1.54) is 22.3 Å². The molecule has 3 aromatic rings. The number of benzene rings is 2. The van der Waals surface area contributed by atoms with Crippen LogP contribution in [0.3, 0.4) is 0 Å². The SMILES string of the molecule is Cc1ccc(C(C)C)c(OCc2nc3c(C)cc(C)cc3[nH]2)c1. The molecule has 0 atom stereocenters. The fourth-order valence-corrected chi connectivity index (χ4v) is 2.98. The summed E-state index contributed by atoms with van der Waals surface area (Å²) in [6.45, 7) is 11.1. The van der Waals surface area contributed by atoms with Gasteiger partial charge in [-0.15, -0.1) is 0 Å². The minimum atomic E-state index is 0.436. The Balaban J connectivity index is 1.86. The van der Waals surface area contributed by atoms with E-state index >= 15 is 0 Å². The fourth-order valence-electron chi connectivity index (χ4n) is 2.98. The highest BCUT2D eigenvalue weighted by Crippen LogP contribution is 2.28. The summed E-state index contributed by atoms with van der Waals surface area (Å²) in [6, 6.07) is 10.7. The summed E-state index contributed by atoms with van der Waals surface area (Å²) in [5.41, 5.74) is 6.99. The number of fused-ring (bicyclic) bond motifs is 1. The van der Waals surface area contributed by atoms with Crippen molar-refractivity contribution in [2.45, 2.75) is 47.1 Å². The van der Waals surface area contributed by atoms with Gasteiger partial charge < -0.3 is 9.72 Å². The van der Waals surface area contributed by atoms with Gasteiger partial charge in [-0.05, 0) is 61.1 Å². The van der Waals surface area contributed by atoms with Crippen LogP contribution < -0.4 is 4.74 Å². The summed E-state index contributed by atoms with van der Waals surface area (Å²) in [4.78, 5) is 8.06. The summed E-state index contributed by atoms with van der Waals surface area (Å²) < 4.78 is 6.07. The molecular formula is C20H24N2O. The highest BCUT2D eigenvalue weighted by atomic mass is 16.5. The third-order valence-corrected chi connectivity index (χ3v) is 4.13. The smallest absolute Gasteiger partial charge is 0.146 e. The first kappa shape index (κ1) is 15.6. The Labute approximate surface area is 137 Å². The number of aromatic nitrogens is 2. The van der Waals surface area contributed by atoms with Gasteiger partial charge in [0.15, 0.2) is 0 Å². The number of H-pyrrole nitrogens is 1. The van der Waals surface area contributed by atoms with E-state index in [9.17, 15) is 0 Å². The zero-order valence-electron chi connectivity index (χ0n) is 14.5. The summed E-state index contributed by atoms with van der Waals surface area (Å²) in [7, 11) is 0. The van der Waals surface area contributed by atoms with Crippen LogP contribution in [-0.2, 0) is 6.61 Å². The first-order chi connectivity index (χ1) is 10.9. The largest absolute Gasteiger partial charge is 0.485 e. The molecule has 3 rings (SSSR count). The maximum absolute atomic E-state index is 6.07. The van der Waals surface area contributed by atoms with Crippen molar-refractivity contribution in [3.8, 4) is 5.75 Å². The molecule has 23 heavy (non-hydrogen) atoms. The average Bonchev–Trinajstić information content (AvgIpc) is 2.88. The van der Waals surface area contributed by atoms with Gasteiger partial charge in [-0.2, -0.15) is 0 Å². The first-order valence-corrected chi connectivity index (χ1v) is 8.13. The molecule has 0 unspecified atom stereocenters. The molecule has 0 bridgehead atoms. The number of hydrogen-bond donors (Lipinski definition) is 1. The van der Waals surface area contributed by atoms with Gasteiger partial charge in [-0.25, -0.2) is 4.98 Å². The van der Waals surface area contributed by atoms with Gasteiger partial charge in [0.1, 0.15) is 18.2 Å². The second kappa shape index (κ2) is 6.07. The number of aryl methyl sites for hydroxylation is 3. The van der Waals surface area contributed by atoms with Crippen LogP contribution in [0.2, 0.25) is 0 Å². The van der Waals surface area contributed by atoms with Crippen LogP contribution >= 0.6 is 0 Å². The molecular weight excluding hydrogens is 284 g/mol. The topological polar surface area (TPSA) is 37.9 Å². The molecule has 0 aliphatic heterocycles. The van der Waals surface area contributed by atoms with Gasteiger partial charge in [0.05, 0.1) is 11.0 Å². The maximum Gasteiger partial charge on any atom is 0.146 e. The van der Waals surface area contributed by atoms with Gasteiger partial charge >= 0.3 is 0 Å². The Bertz CT molecular complexity index is 846. The second-order valence-corrected chi connectivity index (χ2v) is 6.65. The number of aromatic amines is 1. The van der Waals surface area contributed by atoms with Crippen LogP contribution in [0.4, 0.5) is 0 Å². The molecule has 3 nitrogen and oxygen atoms in total. The molecule has 1 heterocycles. The van der Waals surface area contributed by atoms with Gasteiger partial charge in [0.25, 0.3) is 0 Å². The van der Waals surface area contributed by atoms with E-state index in [-0.39, 0.29) is 0 Å². The zero-order chi connectivity index (χ0) is 16.6. The average molecular weight is 308 g/mol. The monoisotopic (exact) mass is 308 g/mol. The predicted molar refractivity (Wildman–Crippen MR) is 95.2 cm³/mol. The molecule has 0 fully saturated rings. The highest BCUT2D eigenvalue weighted by molar-refractivity contribution is 5.79. The Morgan fingerprint density at radius 2 is 1.83 bits per heavy atom. The van der Waals surface area contributed by atoms with Crippen molar-refractivity contribution in [3.05, 3.63) is 58.4 Å². The molecule has 0 radical (unpaired) electrons. The number of nitrogens with zero attached hydrogens (tertiary/aromatic N) is 1. The van der Waals surface area contributed by atoms with E-state index in [4.69, 9.17) is 4.74 Å². The molecule has 0 amide bonds. The predicted octanol–water partition coefficient (Wildman–Crippen LogP) is 5.19. The molecule has 1 N–H and O–H groups in total. The van der Waals surface area contributed by atoms with Crippen molar-refractivity contribution in [1.82, 2.24) is 9.97 Å². The molecule has 0 aliphatic rings. The molecule has 120 valence electrons. The van der Waals surface area contributed by atoms with Crippen LogP contribution in [0.1, 0.15) is 47.8 Å². The lowest BCUT2D eigenvalue weighted by atomic mass is 10.0. The summed E-state index contributed by atoms with van der Waals surface area (Å²) in [5, 5.41) is 0. The van der Waals surface area contributed by atoms with Crippen molar-refractivity contribution in [3.63, 3.8) is 0 Å². The number of hydrogen-bond acceptors (Lipinski definition) is 2. The van der Waals surface area contributed by atoms with E-state index < -0.39 is 0 Å². The van der Waals surface area contributed by atoms with Crippen LogP contribution in [0, 0.1) is 20.8 Å². The Morgan fingerprint density at radius 3 is 2.57 bits per heavy atom. The molecule has 0 saturated heterocycles. The Kier molecular flexibility index (Phi) is 4.12. The van der Waals surface area contributed by atoms with Crippen LogP contribution in [0.15, 0.2) is 30.3 Å². The molecule has 0 spiro atoms. The summed E-state index contributed by atoms with van der Waals surface area (Å²) >= 11 is 0. The molecule has 0 saturated carbocycles. The van der Waals surface area contributed by atoms with Crippen molar-refractivity contribution in [1.29, 1.82) is 0 Å². The number of ether oxygens (including phenoxy) is 1. The lowest BCUT2D eigenvalue weighted by molar-refractivity contribution is 0.293. The third-order valence-electron chi connectivity index (χ3n) is 4.13. The second-order valence-electron chi connectivity index (χ2n) is 6.65. The van der Waals surface area contributed by atoms with E-state index in [1.54, 1.807) is 0 Å². The summed E-state index contributed by atoms with van der Waals surface area (Å²) in [6.07, 6.45) is 0. The van der Waals surface area contributed by atoms with Gasteiger partial charge in [-0.3, -0.25) is 0 Å². The van der Waals surface area contributed by atoms with Crippen molar-refractivity contribution < 1.29 is 4.74 Å². The zero-order valence-corrected chi connectivity index (χ0v) is 14.5. The Morgan fingerprint density at radius 1 is 1.04 bits per heavy atom. The quantitative estimate of drug-likeness (QED) is 0.720. The normalized spacial score (nSPS) is 11.4. The van der Waals surface area contributed by atoms with E-state index in [0.29, 0.717) is 12.5 Å².